The number of ether oxygens (including phenoxy) is 1. The molecular weight excluding hydrogens is 242 g/mol. The zero-order valence-electron chi connectivity index (χ0n) is 9.59. The van der Waals surface area contributed by atoms with Crippen molar-refractivity contribution < 1.29 is 17.7 Å². The number of benzene rings is 1. The summed E-state index contributed by atoms with van der Waals surface area (Å²) in [6.07, 6.45) is 2.08. The summed E-state index contributed by atoms with van der Waals surface area (Å²) < 4.78 is 36.9. The number of hydrogen-bond acceptors (Lipinski definition) is 4. The predicted molar refractivity (Wildman–Crippen MR) is 64.3 cm³/mol. The van der Waals surface area contributed by atoms with Gasteiger partial charge < -0.3 is 9.64 Å². The molecule has 1 aromatic carbocycles. The highest BCUT2D eigenvalue weighted by Gasteiger charge is 2.22. The van der Waals surface area contributed by atoms with Crippen molar-refractivity contribution >= 4 is 15.8 Å². The van der Waals surface area contributed by atoms with Gasteiger partial charge in [0.15, 0.2) is 0 Å². The molecule has 2 rings (SSSR count). The van der Waals surface area contributed by atoms with Crippen molar-refractivity contribution in [1.29, 1.82) is 0 Å². The maximum Gasteiger partial charge on any atom is 0.296 e. The van der Waals surface area contributed by atoms with Crippen LogP contribution in [0.1, 0.15) is 12.8 Å². The molecule has 0 aliphatic carbocycles. The van der Waals surface area contributed by atoms with Crippen LogP contribution in [-0.2, 0) is 10.1 Å². The molecule has 1 heterocycles. The SMILES string of the molecule is COc1ccc(N2CCCC2)c(S(=O)(=O)O)c1. The van der Waals surface area contributed by atoms with E-state index in [-0.39, 0.29) is 4.90 Å². The second-order valence-corrected chi connectivity index (χ2v) is 5.39. The maximum absolute atomic E-state index is 11.4. The molecule has 5 nitrogen and oxygen atoms in total. The van der Waals surface area contributed by atoms with Gasteiger partial charge in [0.05, 0.1) is 12.8 Å². The van der Waals surface area contributed by atoms with Crippen LogP contribution in [0.4, 0.5) is 5.69 Å². The maximum atomic E-state index is 11.4. The van der Waals surface area contributed by atoms with Crippen molar-refractivity contribution in [3.63, 3.8) is 0 Å². The second-order valence-electron chi connectivity index (χ2n) is 4.00. The van der Waals surface area contributed by atoms with E-state index in [0.717, 1.165) is 25.9 Å². The van der Waals surface area contributed by atoms with E-state index >= 15 is 0 Å². The Morgan fingerprint density at radius 3 is 2.47 bits per heavy atom. The van der Waals surface area contributed by atoms with Gasteiger partial charge in [-0.2, -0.15) is 8.42 Å². The number of nitrogens with zero attached hydrogens (tertiary/aromatic N) is 1. The minimum absolute atomic E-state index is 0.0845. The largest absolute Gasteiger partial charge is 0.497 e. The normalized spacial score (nSPS) is 16.2. The number of rotatable bonds is 3. The summed E-state index contributed by atoms with van der Waals surface area (Å²) in [6, 6.07) is 4.72. The van der Waals surface area contributed by atoms with Gasteiger partial charge in [0.25, 0.3) is 10.1 Å². The third-order valence-electron chi connectivity index (χ3n) is 2.89. The molecule has 0 spiro atoms. The monoisotopic (exact) mass is 257 g/mol. The van der Waals surface area contributed by atoms with Gasteiger partial charge in [-0.1, -0.05) is 0 Å². The van der Waals surface area contributed by atoms with Gasteiger partial charge in [-0.05, 0) is 25.0 Å². The van der Waals surface area contributed by atoms with E-state index in [1.54, 1.807) is 12.1 Å². The topological polar surface area (TPSA) is 66.8 Å². The van der Waals surface area contributed by atoms with Crippen LogP contribution >= 0.6 is 0 Å². The van der Waals surface area contributed by atoms with Crippen molar-refractivity contribution in [1.82, 2.24) is 0 Å². The Bertz CT molecular complexity index is 506. The third kappa shape index (κ3) is 2.53. The molecule has 0 radical (unpaired) electrons. The fourth-order valence-electron chi connectivity index (χ4n) is 2.05. The van der Waals surface area contributed by atoms with Crippen LogP contribution in [0.25, 0.3) is 0 Å². The molecule has 94 valence electrons. The lowest BCUT2D eigenvalue weighted by atomic mass is 10.3. The minimum Gasteiger partial charge on any atom is -0.497 e. The van der Waals surface area contributed by atoms with Crippen molar-refractivity contribution in [2.24, 2.45) is 0 Å². The minimum atomic E-state index is -4.23. The van der Waals surface area contributed by atoms with Crippen LogP contribution < -0.4 is 9.64 Å². The van der Waals surface area contributed by atoms with E-state index in [2.05, 4.69) is 0 Å². The Kier molecular flexibility index (Phi) is 3.26. The summed E-state index contributed by atoms with van der Waals surface area (Å²) in [5, 5.41) is 0. The average molecular weight is 257 g/mol. The molecule has 1 fully saturated rings. The van der Waals surface area contributed by atoms with Crippen molar-refractivity contribution in [2.45, 2.75) is 17.7 Å². The Balaban J connectivity index is 2.50. The zero-order chi connectivity index (χ0) is 12.5. The fourth-order valence-corrected chi connectivity index (χ4v) is 2.77. The van der Waals surface area contributed by atoms with E-state index < -0.39 is 10.1 Å². The average Bonchev–Trinajstić information content (AvgIpc) is 2.80. The highest BCUT2D eigenvalue weighted by molar-refractivity contribution is 7.86. The predicted octanol–water partition coefficient (Wildman–Crippen LogP) is 1.54. The Labute approximate surface area is 101 Å². The molecule has 1 aromatic rings. The molecule has 0 saturated carbocycles. The van der Waals surface area contributed by atoms with Crippen LogP contribution in [0.15, 0.2) is 23.1 Å². The molecule has 0 unspecified atom stereocenters. The lowest BCUT2D eigenvalue weighted by Crippen LogP contribution is -2.20. The first-order valence-corrected chi connectivity index (χ1v) is 6.87. The molecule has 1 aliphatic rings. The smallest absolute Gasteiger partial charge is 0.296 e. The molecule has 17 heavy (non-hydrogen) atoms. The van der Waals surface area contributed by atoms with Crippen LogP contribution in [0.2, 0.25) is 0 Å². The van der Waals surface area contributed by atoms with Crippen molar-refractivity contribution in [3.05, 3.63) is 18.2 Å². The van der Waals surface area contributed by atoms with Gasteiger partial charge >= 0.3 is 0 Å². The van der Waals surface area contributed by atoms with Crippen molar-refractivity contribution in [2.75, 3.05) is 25.1 Å². The molecule has 0 amide bonds. The molecule has 1 aliphatic heterocycles. The lowest BCUT2D eigenvalue weighted by Gasteiger charge is -2.20. The summed E-state index contributed by atoms with van der Waals surface area (Å²) in [6.45, 7) is 1.63. The first kappa shape index (κ1) is 12.2. The molecule has 1 N–H and O–H groups in total. The van der Waals surface area contributed by atoms with Gasteiger partial charge in [0.1, 0.15) is 10.6 Å². The fraction of sp³-hybridized carbons (Fsp3) is 0.455. The van der Waals surface area contributed by atoms with Crippen LogP contribution in [0.5, 0.6) is 5.75 Å². The van der Waals surface area contributed by atoms with Crippen molar-refractivity contribution in [3.8, 4) is 5.75 Å². The van der Waals surface area contributed by atoms with Crippen LogP contribution in [0.3, 0.4) is 0 Å². The zero-order valence-corrected chi connectivity index (χ0v) is 10.4. The summed E-state index contributed by atoms with van der Waals surface area (Å²) in [5.41, 5.74) is 0.547. The Morgan fingerprint density at radius 1 is 1.29 bits per heavy atom. The molecule has 0 atom stereocenters. The number of methoxy groups -OCH3 is 1. The Morgan fingerprint density at radius 2 is 1.94 bits per heavy atom. The van der Waals surface area contributed by atoms with E-state index in [0.29, 0.717) is 11.4 Å². The molecular formula is C11H15NO4S. The summed E-state index contributed by atoms with van der Waals surface area (Å²) >= 11 is 0. The highest BCUT2D eigenvalue weighted by Crippen LogP contribution is 2.31. The molecule has 6 heteroatoms. The van der Waals surface area contributed by atoms with Gasteiger partial charge in [-0.3, -0.25) is 4.55 Å². The van der Waals surface area contributed by atoms with Crippen LogP contribution in [-0.4, -0.2) is 33.2 Å². The molecule has 1 saturated heterocycles. The summed E-state index contributed by atoms with van der Waals surface area (Å²) in [4.78, 5) is 1.88. The van der Waals surface area contributed by atoms with E-state index in [1.807, 2.05) is 4.90 Å². The lowest BCUT2D eigenvalue weighted by molar-refractivity contribution is 0.412. The summed E-state index contributed by atoms with van der Waals surface area (Å²) in [5.74, 6) is 0.417. The first-order chi connectivity index (χ1) is 8.02. The quantitative estimate of drug-likeness (QED) is 0.832. The van der Waals surface area contributed by atoms with Gasteiger partial charge in [0.2, 0.25) is 0 Å². The van der Waals surface area contributed by atoms with Gasteiger partial charge in [-0.25, -0.2) is 0 Å². The van der Waals surface area contributed by atoms with E-state index in [4.69, 9.17) is 4.74 Å². The highest BCUT2D eigenvalue weighted by atomic mass is 32.2. The first-order valence-electron chi connectivity index (χ1n) is 5.43. The van der Waals surface area contributed by atoms with E-state index in [9.17, 15) is 13.0 Å². The number of hydrogen-bond donors (Lipinski definition) is 1. The van der Waals surface area contributed by atoms with Crippen LogP contribution in [0, 0.1) is 0 Å². The summed E-state index contributed by atoms with van der Waals surface area (Å²) in [7, 11) is -2.77. The third-order valence-corrected chi connectivity index (χ3v) is 3.77. The van der Waals surface area contributed by atoms with Gasteiger partial charge in [-0.15, -0.1) is 0 Å². The standard InChI is InChI=1S/C11H15NO4S/c1-16-9-4-5-10(12-6-2-3-7-12)11(8-9)17(13,14)15/h4-5,8H,2-3,6-7H2,1H3,(H,13,14,15). The van der Waals surface area contributed by atoms with E-state index in [1.165, 1.54) is 13.2 Å². The molecule has 0 bridgehead atoms. The number of anilines is 1. The Hall–Kier alpha value is -1.27. The second kappa shape index (κ2) is 4.54. The van der Waals surface area contributed by atoms with Gasteiger partial charge in [0, 0.05) is 19.2 Å². The molecule has 0 aromatic heterocycles.